The first-order chi connectivity index (χ1) is 11.5. The van der Waals surface area contributed by atoms with Gasteiger partial charge in [0, 0.05) is 25.2 Å². The Morgan fingerprint density at radius 3 is 2.75 bits per heavy atom. The van der Waals surface area contributed by atoms with Crippen LogP contribution in [0.25, 0.3) is 0 Å². The Labute approximate surface area is 141 Å². The Morgan fingerprint density at radius 1 is 1.29 bits per heavy atom. The number of rotatable bonds is 5. The summed E-state index contributed by atoms with van der Waals surface area (Å²) < 4.78 is 14.9. The summed E-state index contributed by atoms with van der Waals surface area (Å²) in [6, 6.07) is 7.58. The van der Waals surface area contributed by atoms with Crippen LogP contribution in [0.15, 0.2) is 30.3 Å². The van der Waals surface area contributed by atoms with Crippen molar-refractivity contribution in [3.8, 4) is 0 Å². The van der Waals surface area contributed by atoms with Crippen molar-refractivity contribution in [3.05, 3.63) is 53.1 Å². The van der Waals surface area contributed by atoms with Crippen LogP contribution in [0.2, 0.25) is 0 Å². The van der Waals surface area contributed by atoms with Gasteiger partial charge in [-0.15, -0.1) is 0 Å². The van der Waals surface area contributed by atoms with Crippen LogP contribution in [-0.4, -0.2) is 33.7 Å². The second-order valence-electron chi connectivity index (χ2n) is 6.67. The molecule has 0 radical (unpaired) electrons. The average molecular weight is 330 g/mol. The van der Waals surface area contributed by atoms with Crippen molar-refractivity contribution in [2.75, 3.05) is 13.1 Å². The highest BCUT2D eigenvalue weighted by Crippen LogP contribution is 2.15. The van der Waals surface area contributed by atoms with Gasteiger partial charge in [0.2, 0.25) is 0 Å². The fourth-order valence-corrected chi connectivity index (χ4v) is 3.01. The van der Waals surface area contributed by atoms with E-state index in [1.807, 2.05) is 4.68 Å². The van der Waals surface area contributed by atoms with Gasteiger partial charge in [0.25, 0.3) is 5.91 Å². The van der Waals surface area contributed by atoms with E-state index in [1.165, 1.54) is 30.0 Å². The summed E-state index contributed by atoms with van der Waals surface area (Å²) >= 11 is 0. The van der Waals surface area contributed by atoms with E-state index in [4.69, 9.17) is 0 Å². The third-order valence-corrected chi connectivity index (χ3v) is 4.09. The maximum Gasteiger partial charge on any atom is 0.251 e. The summed E-state index contributed by atoms with van der Waals surface area (Å²) in [5.74, 6) is 0.0793. The molecule has 1 aromatic carbocycles. The number of nitrogens with one attached hydrogen (secondary N) is 1. The van der Waals surface area contributed by atoms with Crippen LogP contribution < -0.4 is 5.32 Å². The van der Waals surface area contributed by atoms with Crippen LogP contribution in [0.5, 0.6) is 0 Å². The van der Waals surface area contributed by atoms with Crippen LogP contribution in [-0.2, 0) is 19.6 Å². The van der Waals surface area contributed by atoms with Crippen LogP contribution >= 0.6 is 0 Å². The van der Waals surface area contributed by atoms with Crippen LogP contribution in [0.3, 0.4) is 0 Å². The Morgan fingerprint density at radius 2 is 2.04 bits per heavy atom. The summed E-state index contributed by atoms with van der Waals surface area (Å²) in [7, 11) is 0. The molecule has 128 valence electrons. The molecule has 0 unspecified atom stereocenters. The lowest BCUT2D eigenvalue weighted by Crippen LogP contribution is -2.36. The van der Waals surface area contributed by atoms with Gasteiger partial charge in [-0.2, -0.15) is 5.10 Å². The molecule has 6 heteroatoms. The quantitative estimate of drug-likeness (QED) is 0.916. The van der Waals surface area contributed by atoms with Crippen molar-refractivity contribution in [1.29, 1.82) is 0 Å². The van der Waals surface area contributed by atoms with Gasteiger partial charge in [-0.05, 0) is 36.2 Å². The number of nitrogens with zero attached hydrogens (tertiary/aromatic N) is 3. The topological polar surface area (TPSA) is 50.2 Å². The molecule has 0 aliphatic carbocycles. The molecule has 0 bridgehead atoms. The first kappa shape index (κ1) is 16.6. The predicted molar refractivity (Wildman–Crippen MR) is 89.9 cm³/mol. The van der Waals surface area contributed by atoms with Gasteiger partial charge in [-0.25, -0.2) is 4.39 Å². The van der Waals surface area contributed by atoms with E-state index in [0.717, 1.165) is 31.9 Å². The van der Waals surface area contributed by atoms with Gasteiger partial charge in [0.1, 0.15) is 5.82 Å². The first-order valence-corrected chi connectivity index (χ1v) is 8.33. The van der Waals surface area contributed by atoms with E-state index in [-0.39, 0.29) is 11.7 Å². The van der Waals surface area contributed by atoms with Gasteiger partial charge in [0.15, 0.2) is 0 Å². The summed E-state index contributed by atoms with van der Waals surface area (Å²) in [4.78, 5) is 14.5. The molecule has 0 saturated carbocycles. The van der Waals surface area contributed by atoms with Crippen LogP contribution in [0.4, 0.5) is 4.39 Å². The summed E-state index contributed by atoms with van der Waals surface area (Å²) in [6.45, 7) is 8.70. The number of carbonyl (C=O) groups is 1. The van der Waals surface area contributed by atoms with E-state index in [1.54, 1.807) is 0 Å². The van der Waals surface area contributed by atoms with Crippen LogP contribution in [0.1, 0.15) is 35.6 Å². The van der Waals surface area contributed by atoms with Crippen LogP contribution in [0, 0.1) is 11.7 Å². The largest absolute Gasteiger partial charge is 0.346 e. The van der Waals surface area contributed by atoms with Crippen molar-refractivity contribution in [2.24, 2.45) is 5.92 Å². The summed E-state index contributed by atoms with van der Waals surface area (Å²) in [5, 5.41) is 7.40. The molecule has 3 rings (SSSR count). The molecule has 5 nitrogen and oxygen atoms in total. The molecule has 1 aliphatic rings. The number of hydrogen-bond acceptors (Lipinski definition) is 3. The molecular formula is C18H23FN4O. The van der Waals surface area contributed by atoms with Gasteiger partial charge < -0.3 is 5.32 Å². The summed E-state index contributed by atoms with van der Waals surface area (Å²) in [6.07, 6.45) is 0. The molecule has 1 aromatic heterocycles. The normalized spacial score (nSPS) is 14.7. The molecule has 1 N–H and O–H groups in total. The molecular weight excluding hydrogens is 307 g/mol. The SMILES string of the molecule is CC(C)CN1CCn2nc(CNC(=O)c3ccc(F)cc3)cc2C1. The minimum atomic E-state index is -0.348. The monoisotopic (exact) mass is 330 g/mol. The van der Waals surface area contributed by atoms with Gasteiger partial charge >= 0.3 is 0 Å². The molecule has 24 heavy (non-hydrogen) atoms. The predicted octanol–water partition coefficient (Wildman–Crippen LogP) is 2.42. The number of amides is 1. The maximum absolute atomic E-state index is 12.9. The molecule has 2 aromatic rings. The molecule has 0 atom stereocenters. The van der Waals surface area contributed by atoms with Crippen molar-refractivity contribution >= 4 is 5.91 Å². The van der Waals surface area contributed by atoms with Gasteiger partial charge in [-0.3, -0.25) is 14.4 Å². The van der Waals surface area contributed by atoms with Crippen molar-refractivity contribution in [2.45, 2.75) is 33.5 Å². The smallest absolute Gasteiger partial charge is 0.251 e. The third-order valence-electron chi connectivity index (χ3n) is 4.09. The van der Waals surface area contributed by atoms with E-state index < -0.39 is 0 Å². The first-order valence-electron chi connectivity index (χ1n) is 8.33. The Balaban J connectivity index is 1.58. The summed E-state index contributed by atoms with van der Waals surface area (Å²) in [5.41, 5.74) is 2.49. The zero-order valence-corrected chi connectivity index (χ0v) is 14.1. The zero-order valence-electron chi connectivity index (χ0n) is 14.1. The van der Waals surface area contributed by atoms with E-state index in [0.29, 0.717) is 18.0 Å². The minimum Gasteiger partial charge on any atom is -0.346 e. The third kappa shape index (κ3) is 4.00. The van der Waals surface area contributed by atoms with Crippen molar-refractivity contribution in [3.63, 3.8) is 0 Å². The standard InChI is InChI=1S/C18H23FN4O/c1-13(2)11-22-7-8-23-17(12-22)9-16(21-23)10-20-18(24)14-3-5-15(19)6-4-14/h3-6,9,13H,7-8,10-12H2,1-2H3,(H,20,24). The number of aromatic nitrogens is 2. The van der Waals surface area contributed by atoms with Crippen molar-refractivity contribution < 1.29 is 9.18 Å². The molecule has 1 aliphatic heterocycles. The number of benzene rings is 1. The fraction of sp³-hybridized carbons (Fsp3) is 0.444. The fourth-order valence-electron chi connectivity index (χ4n) is 3.01. The average Bonchev–Trinajstić information content (AvgIpc) is 2.95. The second kappa shape index (κ2) is 7.13. The lowest BCUT2D eigenvalue weighted by atomic mass is 10.2. The molecule has 1 amide bonds. The van der Waals surface area contributed by atoms with Crippen molar-refractivity contribution in [1.82, 2.24) is 20.0 Å². The Bertz CT molecular complexity index is 708. The number of hydrogen-bond donors (Lipinski definition) is 1. The minimum absolute atomic E-state index is 0.220. The van der Waals surface area contributed by atoms with E-state index in [9.17, 15) is 9.18 Å². The number of fused-ring (bicyclic) bond motifs is 1. The molecule has 0 fully saturated rings. The molecule has 0 saturated heterocycles. The van der Waals surface area contributed by atoms with Gasteiger partial charge in [-0.1, -0.05) is 13.8 Å². The maximum atomic E-state index is 12.9. The second-order valence-corrected chi connectivity index (χ2v) is 6.67. The Hall–Kier alpha value is -2.21. The highest BCUT2D eigenvalue weighted by molar-refractivity contribution is 5.94. The lowest BCUT2D eigenvalue weighted by molar-refractivity contribution is 0.0950. The highest BCUT2D eigenvalue weighted by atomic mass is 19.1. The Kier molecular flexibility index (Phi) is 4.94. The number of carbonyl (C=O) groups excluding carboxylic acids is 1. The highest BCUT2D eigenvalue weighted by Gasteiger charge is 2.19. The zero-order chi connectivity index (χ0) is 17.1. The lowest BCUT2D eigenvalue weighted by Gasteiger charge is -2.28. The van der Waals surface area contributed by atoms with E-state index in [2.05, 4.69) is 35.2 Å². The number of halogens is 1. The molecule has 2 heterocycles. The van der Waals surface area contributed by atoms with E-state index >= 15 is 0 Å². The van der Waals surface area contributed by atoms with Gasteiger partial charge in [0.05, 0.1) is 24.5 Å². The molecule has 0 spiro atoms.